The van der Waals surface area contributed by atoms with Crippen molar-refractivity contribution in [2.45, 2.75) is 6.18 Å². The van der Waals surface area contributed by atoms with Crippen LogP contribution in [0.25, 0.3) is 5.69 Å². The third-order valence-corrected chi connectivity index (χ3v) is 3.05. The fourth-order valence-corrected chi connectivity index (χ4v) is 1.81. The highest BCUT2D eigenvalue weighted by Gasteiger charge is 2.32. The van der Waals surface area contributed by atoms with Crippen molar-refractivity contribution in [3.8, 4) is 5.69 Å². The van der Waals surface area contributed by atoms with Crippen LogP contribution in [0.1, 0.15) is 5.56 Å². The first-order valence-corrected chi connectivity index (χ1v) is 6.66. The van der Waals surface area contributed by atoms with E-state index in [2.05, 4.69) is 10.4 Å². The molecule has 124 valence electrons. The Morgan fingerprint density at radius 2 is 2.17 bits per heavy atom. The molecule has 0 saturated carbocycles. The first kappa shape index (κ1) is 16.8. The molecular weight excluding hydrogens is 313 g/mol. The van der Waals surface area contributed by atoms with Crippen molar-refractivity contribution in [3.63, 3.8) is 0 Å². The number of alkyl halides is 3. The maximum atomic E-state index is 12.6. The topological polar surface area (TPSA) is 70.4 Å². The summed E-state index contributed by atoms with van der Waals surface area (Å²) in [5.41, 5.74) is -0.0703. The minimum atomic E-state index is -4.46. The van der Waals surface area contributed by atoms with Crippen LogP contribution in [0.2, 0.25) is 0 Å². The molecule has 0 radical (unpaired) electrons. The lowest BCUT2D eigenvalue weighted by Crippen LogP contribution is -2.33. The van der Waals surface area contributed by atoms with Crippen LogP contribution in [-0.2, 0) is 6.18 Å². The number of nitrogens with zero attached hydrogens (tertiary/aromatic N) is 3. The van der Waals surface area contributed by atoms with Gasteiger partial charge in [-0.05, 0) is 18.2 Å². The van der Waals surface area contributed by atoms with Crippen LogP contribution in [0.4, 0.5) is 23.7 Å². The molecule has 23 heavy (non-hydrogen) atoms. The Balaban J connectivity index is 2.17. The third kappa shape index (κ3) is 4.22. The summed E-state index contributed by atoms with van der Waals surface area (Å²) in [5, 5.41) is 15.1. The average Bonchev–Trinajstić information content (AvgIpc) is 2.97. The second-order valence-electron chi connectivity index (χ2n) is 4.80. The fourth-order valence-electron chi connectivity index (χ4n) is 1.81. The lowest BCUT2D eigenvalue weighted by molar-refractivity contribution is -0.137. The van der Waals surface area contributed by atoms with Gasteiger partial charge in [-0.2, -0.15) is 18.3 Å². The Morgan fingerprint density at radius 3 is 2.78 bits per heavy atom. The predicted molar refractivity (Wildman–Crippen MR) is 77.3 cm³/mol. The number of hydrogen-bond acceptors (Lipinski definition) is 3. The molecule has 2 amide bonds. The maximum absolute atomic E-state index is 12.6. The Bertz CT molecular complexity index is 685. The summed E-state index contributed by atoms with van der Waals surface area (Å²) >= 11 is 0. The van der Waals surface area contributed by atoms with E-state index in [0.29, 0.717) is 11.4 Å². The zero-order valence-corrected chi connectivity index (χ0v) is 12.2. The van der Waals surface area contributed by atoms with Crippen molar-refractivity contribution in [2.24, 2.45) is 0 Å². The molecule has 0 aliphatic carbocycles. The van der Waals surface area contributed by atoms with Gasteiger partial charge in [-0.1, -0.05) is 6.07 Å². The summed E-state index contributed by atoms with van der Waals surface area (Å²) in [6.07, 6.45) is -2.85. The lowest BCUT2D eigenvalue weighted by Gasteiger charge is -2.16. The molecule has 0 fully saturated rings. The van der Waals surface area contributed by atoms with E-state index < -0.39 is 17.8 Å². The van der Waals surface area contributed by atoms with Crippen molar-refractivity contribution >= 4 is 11.7 Å². The fraction of sp³-hybridized carbons (Fsp3) is 0.286. The van der Waals surface area contributed by atoms with E-state index >= 15 is 0 Å². The molecule has 6 nitrogen and oxygen atoms in total. The molecule has 2 aromatic rings. The number of halogens is 3. The summed E-state index contributed by atoms with van der Waals surface area (Å²) in [7, 11) is 1.51. The maximum Gasteiger partial charge on any atom is 0.419 e. The average molecular weight is 328 g/mol. The zero-order chi connectivity index (χ0) is 17.0. The van der Waals surface area contributed by atoms with Crippen LogP contribution in [0.5, 0.6) is 0 Å². The van der Waals surface area contributed by atoms with E-state index in [1.54, 1.807) is 18.2 Å². The summed E-state index contributed by atoms with van der Waals surface area (Å²) in [6.45, 7) is -0.00289. The van der Waals surface area contributed by atoms with E-state index in [1.807, 2.05) is 0 Å². The second-order valence-corrected chi connectivity index (χ2v) is 4.80. The Hall–Kier alpha value is -2.55. The van der Waals surface area contributed by atoms with Gasteiger partial charge in [0.2, 0.25) is 0 Å². The molecule has 9 heteroatoms. The lowest BCUT2D eigenvalue weighted by atomic mass is 10.2. The summed E-state index contributed by atoms with van der Waals surface area (Å²) in [6, 6.07) is 5.82. The first-order chi connectivity index (χ1) is 10.8. The minimum Gasteiger partial charge on any atom is -0.395 e. The third-order valence-electron chi connectivity index (χ3n) is 3.05. The molecule has 1 aromatic carbocycles. The van der Waals surface area contributed by atoms with Crippen molar-refractivity contribution in [3.05, 3.63) is 42.2 Å². The minimum absolute atomic E-state index is 0.166. The number of urea groups is 1. The number of benzene rings is 1. The molecule has 0 unspecified atom stereocenters. The van der Waals surface area contributed by atoms with E-state index in [4.69, 9.17) is 5.11 Å². The largest absolute Gasteiger partial charge is 0.419 e. The summed E-state index contributed by atoms with van der Waals surface area (Å²) in [5.74, 6) is 0. The molecule has 0 bridgehead atoms. The molecule has 0 atom stereocenters. The van der Waals surface area contributed by atoms with E-state index in [0.717, 1.165) is 17.1 Å². The highest BCUT2D eigenvalue weighted by molar-refractivity contribution is 5.89. The first-order valence-electron chi connectivity index (χ1n) is 6.66. The van der Waals surface area contributed by atoms with Crippen LogP contribution in [-0.4, -0.2) is 46.0 Å². The number of anilines is 1. The zero-order valence-electron chi connectivity index (χ0n) is 12.2. The SMILES string of the molecule is CN(CCO)C(=O)Nc1cccc(-n2cc(C(F)(F)F)cn2)c1. The molecule has 2 rings (SSSR count). The number of carbonyl (C=O) groups excluding carboxylic acids is 1. The molecule has 1 heterocycles. The van der Waals surface area contributed by atoms with Gasteiger partial charge in [-0.15, -0.1) is 0 Å². The Labute approximate surface area is 130 Å². The van der Waals surface area contributed by atoms with Gasteiger partial charge < -0.3 is 15.3 Å². The van der Waals surface area contributed by atoms with Gasteiger partial charge in [0.15, 0.2) is 0 Å². The summed E-state index contributed by atoms with van der Waals surface area (Å²) in [4.78, 5) is 13.1. The van der Waals surface area contributed by atoms with Crippen LogP contribution in [0, 0.1) is 0 Å². The normalized spacial score (nSPS) is 11.3. The molecule has 0 aliphatic heterocycles. The highest BCUT2D eigenvalue weighted by atomic mass is 19.4. The predicted octanol–water partition coefficient (Wildman–Crippen LogP) is 2.35. The van der Waals surface area contributed by atoms with Crippen LogP contribution >= 0.6 is 0 Å². The number of likely N-dealkylation sites (N-methyl/N-ethyl adjacent to an activating group) is 1. The summed E-state index contributed by atoms with van der Waals surface area (Å²) < 4.78 is 38.9. The van der Waals surface area contributed by atoms with Crippen molar-refractivity contribution in [2.75, 3.05) is 25.5 Å². The number of aromatic nitrogens is 2. The van der Waals surface area contributed by atoms with Gasteiger partial charge in [-0.25, -0.2) is 9.48 Å². The van der Waals surface area contributed by atoms with Crippen LogP contribution < -0.4 is 5.32 Å². The molecule has 0 saturated heterocycles. The number of aliphatic hydroxyl groups excluding tert-OH is 1. The van der Waals surface area contributed by atoms with Crippen molar-refractivity contribution in [1.82, 2.24) is 14.7 Å². The Morgan fingerprint density at radius 1 is 1.43 bits per heavy atom. The van der Waals surface area contributed by atoms with Gasteiger partial charge in [0.05, 0.1) is 24.1 Å². The van der Waals surface area contributed by atoms with Gasteiger partial charge >= 0.3 is 12.2 Å². The van der Waals surface area contributed by atoms with Gasteiger partial charge in [0.25, 0.3) is 0 Å². The highest BCUT2D eigenvalue weighted by Crippen LogP contribution is 2.29. The van der Waals surface area contributed by atoms with E-state index in [1.165, 1.54) is 18.0 Å². The molecule has 2 N–H and O–H groups in total. The van der Waals surface area contributed by atoms with Gasteiger partial charge in [0.1, 0.15) is 0 Å². The quantitative estimate of drug-likeness (QED) is 0.905. The molecule has 0 spiro atoms. The van der Waals surface area contributed by atoms with Gasteiger partial charge in [0, 0.05) is 25.5 Å². The van der Waals surface area contributed by atoms with E-state index in [-0.39, 0.29) is 13.2 Å². The molecule has 1 aromatic heterocycles. The number of aliphatic hydroxyl groups is 1. The number of hydrogen-bond donors (Lipinski definition) is 2. The molecule has 0 aliphatic rings. The number of rotatable bonds is 4. The van der Waals surface area contributed by atoms with E-state index in [9.17, 15) is 18.0 Å². The number of amides is 2. The van der Waals surface area contributed by atoms with Crippen LogP contribution in [0.15, 0.2) is 36.7 Å². The molecular formula is C14H15F3N4O2. The smallest absolute Gasteiger partial charge is 0.395 e. The van der Waals surface area contributed by atoms with Gasteiger partial charge in [-0.3, -0.25) is 0 Å². The van der Waals surface area contributed by atoms with Crippen molar-refractivity contribution in [1.29, 1.82) is 0 Å². The van der Waals surface area contributed by atoms with Crippen molar-refractivity contribution < 1.29 is 23.1 Å². The number of carbonyl (C=O) groups is 1. The second kappa shape index (κ2) is 6.69. The number of nitrogens with one attached hydrogen (secondary N) is 1. The Kier molecular flexibility index (Phi) is 4.89. The van der Waals surface area contributed by atoms with Crippen LogP contribution in [0.3, 0.4) is 0 Å². The monoisotopic (exact) mass is 328 g/mol. The standard InChI is InChI=1S/C14H15F3N4O2/c1-20(5-6-22)13(23)19-11-3-2-4-12(7-11)21-9-10(8-18-21)14(15,16)17/h2-4,7-9,22H,5-6H2,1H3,(H,19,23).